The molecule has 0 bridgehead atoms. The van der Waals surface area contributed by atoms with E-state index in [4.69, 9.17) is 16.0 Å². The van der Waals surface area contributed by atoms with Gasteiger partial charge in [0.2, 0.25) is 0 Å². The number of halogens is 1. The van der Waals surface area contributed by atoms with Gasteiger partial charge in [-0.1, -0.05) is 0 Å². The minimum Gasteiger partial charge on any atom is 0 e. The molecule has 0 fully saturated rings. The van der Waals surface area contributed by atoms with Crippen molar-refractivity contribution in [3.63, 3.8) is 0 Å². The Balaban J connectivity index is -0.0000000800. The first-order chi connectivity index (χ1) is 2.00. The zero-order valence-electron chi connectivity index (χ0n) is 2.79. The van der Waals surface area contributed by atoms with Gasteiger partial charge in [-0.3, -0.25) is 4.70 Å². The molecule has 0 saturated heterocycles. The molecule has 7 heavy (non-hydrogen) atoms. The summed E-state index contributed by atoms with van der Waals surface area (Å²) in [7, 11) is 0. The quantitative estimate of drug-likeness (QED) is 0.419. The molecule has 0 unspecified atom stereocenters. The van der Waals surface area contributed by atoms with Gasteiger partial charge in [-0.2, -0.15) is 0 Å². The van der Waals surface area contributed by atoms with Gasteiger partial charge >= 0.3 is 30.5 Å². The van der Waals surface area contributed by atoms with E-state index in [2.05, 4.69) is 0 Å². The minimum atomic E-state index is -5.88. The van der Waals surface area contributed by atoms with Crippen molar-refractivity contribution in [2.24, 2.45) is 0 Å². The topological polar surface area (TPSA) is 86.2 Å². The van der Waals surface area contributed by atoms with Crippen LogP contribution < -0.4 is 12.3 Å². The summed E-state index contributed by atoms with van der Waals surface area (Å²) >= 11 is -5.88. The van der Waals surface area contributed by atoms with Crippen LogP contribution in [0.1, 0.15) is 0 Å². The average molecular weight is 267 g/mol. The van der Waals surface area contributed by atoms with Gasteiger partial charge < -0.3 is 0 Å². The number of hydrogen-bond acceptors (Lipinski definition) is 4. The molecule has 0 heterocycles. The fourth-order valence-corrected chi connectivity index (χ4v) is 0. The predicted molar refractivity (Wildman–Crippen MR) is 8.94 cm³/mol. The standard InChI is InChI=1S/Ag.AsH3O4.FH/c;2-1(3,4)5;/h;(H3,2,3,4,5);1H/p-3. The second-order valence-corrected chi connectivity index (χ2v) is 2.32. The average Bonchev–Trinajstić information content (AvgIpc) is 0.722. The molecule has 0 saturated carbocycles. The summed E-state index contributed by atoms with van der Waals surface area (Å²) in [6, 6.07) is 0. The molecular formula is HAgAsFO4-3. The molecule has 0 aromatic rings. The van der Waals surface area contributed by atoms with Crippen molar-refractivity contribution in [1.29, 1.82) is 0 Å². The second kappa shape index (κ2) is 5.05. The van der Waals surface area contributed by atoms with E-state index in [1.54, 1.807) is 0 Å². The van der Waals surface area contributed by atoms with E-state index in [0.717, 1.165) is 0 Å². The molecule has 51 valence electrons. The Morgan fingerprint density at radius 2 is 1.14 bits per heavy atom. The molecule has 0 rings (SSSR count). The predicted octanol–water partition coefficient (Wildman–Crippen LogP) is -3.92. The van der Waals surface area contributed by atoms with Crippen molar-refractivity contribution in [2.45, 2.75) is 0 Å². The second-order valence-electron chi connectivity index (χ2n) is 0.447. The first-order valence-corrected chi connectivity index (χ1v) is 3.79. The molecular weight excluding hydrogens is 266 g/mol. The Labute approximate surface area is 57.8 Å². The largest absolute Gasteiger partial charge is 0 e. The van der Waals surface area contributed by atoms with Crippen LogP contribution in [-0.4, -0.2) is 14.5 Å². The monoisotopic (exact) mass is 266 g/mol. The summed E-state index contributed by atoms with van der Waals surface area (Å²) in [5, 5.41) is 0. The smallest absolute Gasteiger partial charge is 0 e. The summed E-state index contributed by atoms with van der Waals surface area (Å²) < 4.78 is 34.4. The van der Waals surface area contributed by atoms with Gasteiger partial charge in [-0.15, -0.1) is 0 Å². The molecule has 0 atom stereocenters. The van der Waals surface area contributed by atoms with Crippen LogP contribution in [-0.2, 0) is 26.1 Å². The van der Waals surface area contributed by atoms with E-state index in [-0.39, 0.29) is 27.1 Å². The van der Waals surface area contributed by atoms with E-state index in [9.17, 15) is 0 Å². The van der Waals surface area contributed by atoms with Crippen LogP contribution in [0.3, 0.4) is 0 Å². The third-order valence-electron chi connectivity index (χ3n) is 0. The van der Waals surface area contributed by atoms with Gasteiger partial charge in [0.15, 0.2) is 0 Å². The van der Waals surface area contributed by atoms with Gasteiger partial charge in [0.1, 0.15) is 0 Å². The summed E-state index contributed by atoms with van der Waals surface area (Å²) in [5.41, 5.74) is 0. The fraction of sp³-hybridized carbons (Fsp3) is 0. The van der Waals surface area contributed by atoms with Crippen molar-refractivity contribution in [2.75, 3.05) is 0 Å². The zero-order chi connectivity index (χ0) is 4.50. The molecule has 7 heteroatoms. The Kier molecular flexibility index (Phi) is 11.3. The van der Waals surface area contributed by atoms with E-state index < -0.39 is 14.5 Å². The molecule has 4 nitrogen and oxygen atoms in total. The summed E-state index contributed by atoms with van der Waals surface area (Å²) in [6.45, 7) is 0. The van der Waals surface area contributed by atoms with Crippen LogP contribution >= 0.6 is 0 Å². The van der Waals surface area contributed by atoms with Crippen molar-refractivity contribution in [3.8, 4) is 0 Å². The van der Waals surface area contributed by atoms with Crippen molar-refractivity contribution >= 4 is 14.5 Å². The van der Waals surface area contributed by atoms with E-state index in [1.807, 2.05) is 0 Å². The van der Waals surface area contributed by atoms with Crippen LogP contribution in [0.25, 0.3) is 0 Å². The molecule has 0 aliphatic carbocycles. The van der Waals surface area contributed by atoms with Crippen molar-refractivity contribution < 1.29 is 43.1 Å². The number of hydrogen-bond donors (Lipinski definition) is 0. The van der Waals surface area contributed by atoms with Crippen LogP contribution in [0, 0.1) is 0 Å². The molecule has 0 aliphatic rings. The molecule has 1 radical (unpaired) electrons. The van der Waals surface area contributed by atoms with Crippen molar-refractivity contribution in [3.05, 3.63) is 0 Å². The van der Waals surface area contributed by atoms with Crippen LogP contribution in [0.4, 0.5) is 4.70 Å². The molecule has 0 aliphatic heterocycles. The van der Waals surface area contributed by atoms with E-state index in [1.165, 1.54) is 0 Å². The summed E-state index contributed by atoms with van der Waals surface area (Å²) in [4.78, 5) is 0. The Hall–Kier alpha value is 0.909. The fourth-order valence-electron chi connectivity index (χ4n) is 0. The SMILES string of the molecule is F.O=[As]([O-])([O-])[O-].[Ag]. The van der Waals surface area contributed by atoms with Crippen molar-refractivity contribution in [1.82, 2.24) is 0 Å². The number of rotatable bonds is 0. The molecule has 0 N–H and O–H groups in total. The third-order valence-corrected chi connectivity index (χ3v) is 0. The van der Waals surface area contributed by atoms with Gasteiger partial charge in [0.05, 0.1) is 0 Å². The van der Waals surface area contributed by atoms with Gasteiger partial charge in [0, 0.05) is 22.4 Å². The normalized spacial score (nSPS) is 8.43. The van der Waals surface area contributed by atoms with E-state index >= 15 is 0 Å². The maximum atomic E-state index is 8.61. The van der Waals surface area contributed by atoms with Crippen LogP contribution in [0.15, 0.2) is 0 Å². The molecule has 0 aromatic heterocycles. The Bertz CT molecular complexity index is 57.8. The summed E-state index contributed by atoms with van der Waals surface area (Å²) in [5.74, 6) is 0. The first-order valence-electron chi connectivity index (χ1n) is 0.730. The summed E-state index contributed by atoms with van der Waals surface area (Å²) in [6.07, 6.45) is 0. The first kappa shape index (κ1) is 15.7. The minimum absolute atomic E-state index is 0. The van der Waals surface area contributed by atoms with Crippen LogP contribution in [0.2, 0.25) is 0 Å². The Morgan fingerprint density at radius 1 is 1.14 bits per heavy atom. The molecule has 0 spiro atoms. The van der Waals surface area contributed by atoms with Gasteiger partial charge in [-0.25, -0.2) is 0 Å². The maximum absolute atomic E-state index is 8.61. The van der Waals surface area contributed by atoms with E-state index in [0.29, 0.717) is 0 Å². The van der Waals surface area contributed by atoms with Gasteiger partial charge in [-0.05, 0) is 0 Å². The van der Waals surface area contributed by atoms with Gasteiger partial charge in [0.25, 0.3) is 0 Å². The maximum Gasteiger partial charge on any atom is 0 e. The zero-order valence-corrected chi connectivity index (χ0v) is 6.15. The molecule has 0 amide bonds. The molecule has 0 aromatic carbocycles. The third kappa shape index (κ3) is 202. The van der Waals surface area contributed by atoms with Crippen LogP contribution in [0.5, 0.6) is 0 Å². The Morgan fingerprint density at radius 3 is 1.14 bits per heavy atom.